The zero-order valence-corrected chi connectivity index (χ0v) is 10.2. The molecule has 0 saturated heterocycles. The van der Waals surface area contributed by atoms with Gasteiger partial charge in [-0.2, -0.15) is 0 Å². The van der Waals surface area contributed by atoms with Gasteiger partial charge in [-0.15, -0.1) is 0 Å². The van der Waals surface area contributed by atoms with Gasteiger partial charge in [0, 0.05) is 31.1 Å². The van der Waals surface area contributed by atoms with Crippen LogP contribution in [-0.4, -0.2) is 22.6 Å². The molecule has 0 aliphatic carbocycles. The minimum absolute atomic E-state index is 0.445. The Labute approximate surface area is 101 Å². The van der Waals surface area contributed by atoms with Gasteiger partial charge < -0.3 is 10.4 Å². The van der Waals surface area contributed by atoms with Crippen molar-refractivity contribution in [2.45, 2.75) is 26.8 Å². The van der Waals surface area contributed by atoms with Crippen LogP contribution < -0.4 is 5.32 Å². The van der Waals surface area contributed by atoms with Gasteiger partial charge in [-0.25, -0.2) is 4.79 Å². The minimum Gasteiger partial charge on any atom is -0.478 e. The normalized spacial score (nSPS) is 11.5. The second-order valence-corrected chi connectivity index (χ2v) is 3.82. The number of aromatic nitrogens is 1. The monoisotopic (exact) mass is 234 g/mol. The first kappa shape index (κ1) is 13.4. The molecule has 2 N–H and O–H groups in total. The van der Waals surface area contributed by atoms with E-state index in [-0.39, 0.29) is 0 Å². The molecule has 1 aromatic rings. The Morgan fingerprint density at radius 1 is 1.59 bits per heavy atom. The molecule has 0 radical (unpaired) electrons. The highest BCUT2D eigenvalue weighted by Crippen LogP contribution is 2.04. The molecule has 0 aliphatic rings. The lowest BCUT2D eigenvalue weighted by Crippen LogP contribution is -2.15. The Morgan fingerprint density at radius 2 is 2.35 bits per heavy atom. The average Bonchev–Trinajstić information content (AvgIpc) is 2.31. The molecular weight excluding hydrogens is 216 g/mol. The van der Waals surface area contributed by atoms with Gasteiger partial charge in [0.1, 0.15) is 0 Å². The predicted octanol–water partition coefficient (Wildman–Crippen LogP) is 1.90. The molecule has 0 aromatic carbocycles. The second kappa shape index (κ2) is 6.81. The number of carboxylic acids is 1. The molecule has 0 fully saturated rings. The van der Waals surface area contributed by atoms with E-state index < -0.39 is 5.97 Å². The first-order valence-corrected chi connectivity index (χ1v) is 5.67. The van der Waals surface area contributed by atoms with Gasteiger partial charge in [0.2, 0.25) is 0 Å². The maximum Gasteiger partial charge on any atom is 0.331 e. The summed E-state index contributed by atoms with van der Waals surface area (Å²) >= 11 is 0. The Hall–Kier alpha value is -1.68. The molecule has 4 nitrogen and oxygen atoms in total. The highest BCUT2D eigenvalue weighted by atomic mass is 16.4. The molecule has 4 heteroatoms. The predicted molar refractivity (Wildman–Crippen MR) is 66.7 cm³/mol. The van der Waals surface area contributed by atoms with Crippen LogP contribution in [-0.2, 0) is 11.3 Å². The fourth-order valence-electron chi connectivity index (χ4n) is 1.47. The SMILES string of the molecule is CC/C(=C/CNCc1cnccc1C)C(=O)O. The molecule has 1 heterocycles. The van der Waals surface area contributed by atoms with Crippen LogP contribution in [0.1, 0.15) is 24.5 Å². The van der Waals surface area contributed by atoms with E-state index in [0.717, 1.165) is 5.56 Å². The van der Waals surface area contributed by atoms with Crippen molar-refractivity contribution >= 4 is 5.97 Å². The van der Waals surface area contributed by atoms with E-state index in [1.165, 1.54) is 5.56 Å². The number of pyridine rings is 1. The van der Waals surface area contributed by atoms with Gasteiger partial charge in [0.25, 0.3) is 0 Å². The molecule has 0 aliphatic heterocycles. The number of nitrogens with one attached hydrogen (secondary N) is 1. The second-order valence-electron chi connectivity index (χ2n) is 3.82. The third-order valence-corrected chi connectivity index (χ3v) is 2.61. The summed E-state index contributed by atoms with van der Waals surface area (Å²) in [5.41, 5.74) is 2.76. The Bertz CT molecular complexity index is 414. The largest absolute Gasteiger partial charge is 0.478 e. The summed E-state index contributed by atoms with van der Waals surface area (Å²) in [6.07, 6.45) is 5.85. The van der Waals surface area contributed by atoms with Crippen LogP contribution in [0.2, 0.25) is 0 Å². The van der Waals surface area contributed by atoms with E-state index in [2.05, 4.69) is 10.3 Å². The zero-order valence-electron chi connectivity index (χ0n) is 10.2. The van der Waals surface area contributed by atoms with Crippen molar-refractivity contribution in [3.63, 3.8) is 0 Å². The smallest absolute Gasteiger partial charge is 0.331 e. The summed E-state index contributed by atoms with van der Waals surface area (Å²) in [7, 11) is 0. The molecule has 17 heavy (non-hydrogen) atoms. The standard InChI is InChI=1S/C13H18N2O2/c1-3-11(13(16)17)5-7-15-9-12-8-14-6-4-10(12)2/h4-6,8,15H,3,7,9H2,1-2H3,(H,16,17)/b11-5-. The maximum atomic E-state index is 10.7. The molecule has 0 amide bonds. The molecule has 0 atom stereocenters. The van der Waals surface area contributed by atoms with Crippen LogP contribution in [0.5, 0.6) is 0 Å². The Morgan fingerprint density at radius 3 is 2.94 bits per heavy atom. The molecular formula is C13H18N2O2. The van der Waals surface area contributed by atoms with Gasteiger partial charge >= 0.3 is 5.97 Å². The van der Waals surface area contributed by atoms with Crippen LogP contribution in [0, 0.1) is 6.92 Å². The molecule has 0 saturated carbocycles. The summed E-state index contributed by atoms with van der Waals surface area (Å²) < 4.78 is 0. The van der Waals surface area contributed by atoms with Crippen molar-refractivity contribution < 1.29 is 9.90 Å². The first-order valence-electron chi connectivity index (χ1n) is 5.67. The van der Waals surface area contributed by atoms with E-state index in [9.17, 15) is 4.79 Å². The van der Waals surface area contributed by atoms with Crippen molar-refractivity contribution in [2.75, 3.05) is 6.54 Å². The molecule has 0 spiro atoms. The lowest BCUT2D eigenvalue weighted by atomic mass is 10.1. The molecule has 0 unspecified atom stereocenters. The average molecular weight is 234 g/mol. The number of hydrogen-bond acceptors (Lipinski definition) is 3. The van der Waals surface area contributed by atoms with Crippen LogP contribution in [0.4, 0.5) is 0 Å². The van der Waals surface area contributed by atoms with Crippen LogP contribution in [0.25, 0.3) is 0 Å². The van der Waals surface area contributed by atoms with E-state index >= 15 is 0 Å². The summed E-state index contributed by atoms with van der Waals surface area (Å²) in [5, 5.41) is 12.0. The summed E-state index contributed by atoms with van der Waals surface area (Å²) in [5.74, 6) is -0.841. The van der Waals surface area contributed by atoms with Crippen molar-refractivity contribution in [3.8, 4) is 0 Å². The highest BCUT2D eigenvalue weighted by molar-refractivity contribution is 5.86. The number of aryl methyl sites for hydroxylation is 1. The lowest BCUT2D eigenvalue weighted by molar-refractivity contribution is -0.132. The van der Waals surface area contributed by atoms with E-state index in [4.69, 9.17) is 5.11 Å². The number of nitrogens with zero attached hydrogens (tertiary/aromatic N) is 1. The first-order chi connectivity index (χ1) is 8.15. The lowest BCUT2D eigenvalue weighted by Gasteiger charge is -2.05. The molecule has 0 bridgehead atoms. The van der Waals surface area contributed by atoms with Gasteiger partial charge in [-0.1, -0.05) is 13.0 Å². The van der Waals surface area contributed by atoms with Crippen molar-refractivity contribution in [3.05, 3.63) is 41.2 Å². The van der Waals surface area contributed by atoms with Gasteiger partial charge in [0.15, 0.2) is 0 Å². The Balaban J connectivity index is 2.43. The fourth-order valence-corrected chi connectivity index (χ4v) is 1.47. The topological polar surface area (TPSA) is 62.2 Å². The summed E-state index contributed by atoms with van der Waals surface area (Å²) in [4.78, 5) is 14.8. The summed E-state index contributed by atoms with van der Waals surface area (Å²) in [6.45, 7) is 5.13. The molecule has 92 valence electrons. The number of aliphatic carboxylic acids is 1. The molecule has 1 aromatic heterocycles. The van der Waals surface area contributed by atoms with E-state index in [1.807, 2.05) is 26.1 Å². The highest BCUT2D eigenvalue weighted by Gasteiger charge is 2.02. The van der Waals surface area contributed by atoms with Crippen LogP contribution >= 0.6 is 0 Å². The van der Waals surface area contributed by atoms with E-state index in [0.29, 0.717) is 25.1 Å². The number of rotatable bonds is 6. The third-order valence-electron chi connectivity index (χ3n) is 2.61. The van der Waals surface area contributed by atoms with E-state index in [1.54, 1.807) is 12.3 Å². The zero-order chi connectivity index (χ0) is 12.7. The summed E-state index contributed by atoms with van der Waals surface area (Å²) in [6, 6.07) is 1.96. The Kier molecular flexibility index (Phi) is 5.36. The maximum absolute atomic E-state index is 10.7. The van der Waals surface area contributed by atoms with Gasteiger partial charge in [0.05, 0.1) is 0 Å². The number of carboxylic acid groups (broad SMARTS) is 1. The number of hydrogen-bond donors (Lipinski definition) is 2. The van der Waals surface area contributed by atoms with Crippen LogP contribution in [0.3, 0.4) is 0 Å². The van der Waals surface area contributed by atoms with Crippen molar-refractivity contribution in [1.82, 2.24) is 10.3 Å². The third kappa shape index (κ3) is 4.36. The number of carbonyl (C=O) groups is 1. The van der Waals surface area contributed by atoms with Gasteiger partial charge in [-0.3, -0.25) is 4.98 Å². The van der Waals surface area contributed by atoms with Crippen LogP contribution in [0.15, 0.2) is 30.1 Å². The van der Waals surface area contributed by atoms with Crippen molar-refractivity contribution in [1.29, 1.82) is 0 Å². The fraction of sp³-hybridized carbons (Fsp3) is 0.385. The van der Waals surface area contributed by atoms with Gasteiger partial charge in [-0.05, 0) is 30.5 Å². The molecule has 1 rings (SSSR count). The van der Waals surface area contributed by atoms with Crippen molar-refractivity contribution in [2.24, 2.45) is 0 Å². The quantitative estimate of drug-likeness (QED) is 0.583. The minimum atomic E-state index is -0.841.